The van der Waals surface area contributed by atoms with Crippen LogP contribution < -0.4 is 4.74 Å². The summed E-state index contributed by atoms with van der Waals surface area (Å²) in [7, 11) is 1.60. The van der Waals surface area contributed by atoms with Gasteiger partial charge in [0.25, 0.3) is 5.91 Å². The van der Waals surface area contributed by atoms with E-state index in [0.717, 1.165) is 56.7 Å². The fourth-order valence-corrected chi connectivity index (χ4v) is 5.04. The summed E-state index contributed by atoms with van der Waals surface area (Å²) >= 11 is 0. The van der Waals surface area contributed by atoms with Gasteiger partial charge in [0.1, 0.15) is 17.3 Å². The molecule has 4 rings (SSSR count). The second-order valence-electron chi connectivity index (χ2n) is 8.76. The molecule has 2 fully saturated rings. The lowest BCUT2D eigenvalue weighted by Gasteiger charge is -2.40. The standard InChI is InChI=1S/C23H30FN3O2/c1-16-11-17(2)25-21(16)22(28)27-10-8-23(15-27)7-4-9-26(14-23)13-18-12-19(29-3)5-6-20(18)24/h5-6,11-12,25H,4,7-10,13-15H2,1-3H3/t23-/m0/s1. The van der Waals surface area contributed by atoms with Gasteiger partial charge in [-0.1, -0.05) is 0 Å². The van der Waals surface area contributed by atoms with Crippen molar-refractivity contribution in [2.75, 3.05) is 33.3 Å². The zero-order valence-electron chi connectivity index (χ0n) is 17.6. The number of rotatable bonds is 4. The molecule has 1 N–H and O–H groups in total. The Morgan fingerprint density at radius 2 is 2.03 bits per heavy atom. The van der Waals surface area contributed by atoms with Crippen LogP contribution in [0.2, 0.25) is 0 Å². The summed E-state index contributed by atoms with van der Waals surface area (Å²) in [6.45, 7) is 7.96. The van der Waals surface area contributed by atoms with Gasteiger partial charge >= 0.3 is 0 Å². The third-order valence-electron chi connectivity index (χ3n) is 6.48. The first-order chi connectivity index (χ1) is 13.9. The number of hydrogen-bond donors (Lipinski definition) is 1. The first kappa shape index (κ1) is 20.0. The number of methoxy groups -OCH3 is 1. The summed E-state index contributed by atoms with van der Waals surface area (Å²) in [6.07, 6.45) is 3.21. The minimum Gasteiger partial charge on any atom is -0.497 e. The number of carbonyl (C=O) groups is 1. The monoisotopic (exact) mass is 399 g/mol. The summed E-state index contributed by atoms with van der Waals surface area (Å²) in [5.41, 5.74) is 3.52. The van der Waals surface area contributed by atoms with Crippen molar-refractivity contribution in [1.29, 1.82) is 0 Å². The van der Waals surface area contributed by atoms with E-state index in [9.17, 15) is 9.18 Å². The van der Waals surface area contributed by atoms with Gasteiger partial charge in [0.05, 0.1) is 7.11 Å². The fraction of sp³-hybridized carbons (Fsp3) is 0.522. The number of likely N-dealkylation sites (tertiary alicyclic amines) is 2. The average molecular weight is 400 g/mol. The SMILES string of the molecule is COc1ccc(F)c(CN2CCC[C@]3(CCN(C(=O)c4[nH]c(C)cc4C)C3)C2)c1. The maximum Gasteiger partial charge on any atom is 0.270 e. The number of hydrogen-bond acceptors (Lipinski definition) is 3. The van der Waals surface area contributed by atoms with Crippen LogP contribution in [0.5, 0.6) is 5.75 Å². The lowest BCUT2D eigenvalue weighted by Crippen LogP contribution is -2.45. The highest BCUT2D eigenvalue weighted by Gasteiger charge is 2.43. The Hall–Kier alpha value is -2.34. The van der Waals surface area contributed by atoms with Gasteiger partial charge in [0.2, 0.25) is 0 Å². The average Bonchev–Trinajstić information content (AvgIpc) is 3.26. The molecule has 1 aromatic heterocycles. The van der Waals surface area contributed by atoms with Gasteiger partial charge in [-0.15, -0.1) is 0 Å². The Labute approximate surface area is 171 Å². The summed E-state index contributed by atoms with van der Waals surface area (Å²) in [5.74, 6) is 0.594. The molecular formula is C23H30FN3O2. The third-order valence-corrected chi connectivity index (χ3v) is 6.48. The molecule has 1 atom stereocenters. The van der Waals surface area contributed by atoms with Crippen LogP contribution in [0.15, 0.2) is 24.3 Å². The minimum absolute atomic E-state index is 0.100. The van der Waals surface area contributed by atoms with Crippen LogP contribution in [0, 0.1) is 25.1 Å². The van der Waals surface area contributed by atoms with E-state index < -0.39 is 0 Å². The Morgan fingerprint density at radius 3 is 2.76 bits per heavy atom. The molecule has 3 heterocycles. The maximum atomic E-state index is 14.3. The minimum atomic E-state index is -0.189. The normalized spacial score (nSPS) is 22.4. The lowest BCUT2D eigenvalue weighted by atomic mass is 9.79. The smallest absolute Gasteiger partial charge is 0.270 e. The van der Waals surface area contributed by atoms with Gasteiger partial charge in [-0.3, -0.25) is 9.69 Å². The highest BCUT2D eigenvalue weighted by Crippen LogP contribution is 2.40. The quantitative estimate of drug-likeness (QED) is 0.848. The number of piperidine rings is 1. The largest absolute Gasteiger partial charge is 0.497 e. The molecule has 2 aromatic rings. The van der Waals surface area contributed by atoms with Gasteiger partial charge < -0.3 is 14.6 Å². The van der Waals surface area contributed by atoms with E-state index in [1.807, 2.05) is 24.8 Å². The number of benzene rings is 1. The van der Waals surface area contributed by atoms with Gasteiger partial charge in [-0.2, -0.15) is 0 Å². The van der Waals surface area contributed by atoms with Crippen LogP contribution in [-0.4, -0.2) is 54.0 Å². The first-order valence-corrected chi connectivity index (χ1v) is 10.4. The van der Waals surface area contributed by atoms with Crippen LogP contribution in [0.3, 0.4) is 0 Å². The van der Waals surface area contributed by atoms with E-state index in [-0.39, 0.29) is 17.1 Å². The number of aromatic amines is 1. The van der Waals surface area contributed by atoms with Crippen LogP contribution in [0.25, 0.3) is 0 Å². The van der Waals surface area contributed by atoms with Crippen molar-refractivity contribution in [2.24, 2.45) is 5.41 Å². The number of nitrogens with zero attached hydrogens (tertiary/aromatic N) is 2. The molecule has 5 nitrogen and oxygen atoms in total. The number of ether oxygens (including phenoxy) is 1. The first-order valence-electron chi connectivity index (χ1n) is 10.4. The molecule has 6 heteroatoms. The second-order valence-corrected chi connectivity index (χ2v) is 8.76. The molecule has 0 aliphatic carbocycles. The van der Waals surface area contributed by atoms with Gasteiger partial charge in [-0.05, 0) is 69.5 Å². The highest BCUT2D eigenvalue weighted by atomic mass is 19.1. The molecule has 0 bridgehead atoms. The summed E-state index contributed by atoms with van der Waals surface area (Å²) < 4.78 is 19.5. The number of nitrogens with one attached hydrogen (secondary N) is 1. The number of aryl methyl sites for hydroxylation is 2. The molecule has 0 saturated carbocycles. The van der Waals surface area contributed by atoms with Crippen molar-refractivity contribution in [3.63, 3.8) is 0 Å². The van der Waals surface area contributed by atoms with Gasteiger partial charge in [-0.25, -0.2) is 4.39 Å². The Bertz CT molecular complexity index is 910. The molecule has 2 aliphatic heterocycles. The molecule has 1 amide bonds. The van der Waals surface area contributed by atoms with Crippen molar-refractivity contribution in [3.8, 4) is 5.75 Å². The summed E-state index contributed by atoms with van der Waals surface area (Å²) in [5, 5.41) is 0. The molecular weight excluding hydrogens is 369 g/mol. The molecule has 0 unspecified atom stereocenters. The summed E-state index contributed by atoms with van der Waals surface area (Å²) in [6, 6.07) is 6.94. The van der Waals surface area contributed by atoms with Gasteiger partial charge in [0.15, 0.2) is 0 Å². The van der Waals surface area contributed by atoms with E-state index in [1.165, 1.54) is 6.07 Å². The van der Waals surface area contributed by atoms with Crippen molar-refractivity contribution in [2.45, 2.75) is 39.7 Å². The van der Waals surface area contributed by atoms with Crippen molar-refractivity contribution >= 4 is 5.91 Å². The number of H-pyrrole nitrogens is 1. The zero-order chi connectivity index (χ0) is 20.6. The molecule has 29 heavy (non-hydrogen) atoms. The topological polar surface area (TPSA) is 48.6 Å². The van der Waals surface area contributed by atoms with Crippen LogP contribution >= 0.6 is 0 Å². The lowest BCUT2D eigenvalue weighted by molar-refractivity contribution is 0.0668. The van der Waals surface area contributed by atoms with E-state index in [2.05, 4.69) is 9.88 Å². The number of carbonyl (C=O) groups excluding carboxylic acids is 1. The highest BCUT2D eigenvalue weighted by molar-refractivity contribution is 5.94. The molecule has 0 radical (unpaired) electrons. The Balaban J connectivity index is 1.44. The fourth-order valence-electron chi connectivity index (χ4n) is 5.04. The number of halogens is 1. The van der Waals surface area contributed by atoms with Crippen molar-refractivity contribution in [1.82, 2.24) is 14.8 Å². The Kier molecular flexibility index (Phi) is 5.38. The second kappa shape index (κ2) is 7.82. The van der Waals surface area contributed by atoms with Gasteiger partial charge in [0, 0.05) is 42.9 Å². The molecule has 1 spiro atoms. The summed E-state index contributed by atoms with van der Waals surface area (Å²) in [4.78, 5) is 20.6. The molecule has 2 aliphatic rings. The van der Waals surface area contributed by atoms with E-state index in [0.29, 0.717) is 23.6 Å². The Morgan fingerprint density at radius 1 is 1.21 bits per heavy atom. The predicted molar refractivity (Wildman–Crippen MR) is 111 cm³/mol. The number of amides is 1. The number of aromatic nitrogens is 1. The van der Waals surface area contributed by atoms with E-state index >= 15 is 0 Å². The maximum absolute atomic E-state index is 14.3. The third kappa shape index (κ3) is 4.04. The predicted octanol–water partition coefficient (Wildman–Crippen LogP) is 3.91. The van der Waals surface area contributed by atoms with E-state index in [1.54, 1.807) is 19.2 Å². The zero-order valence-corrected chi connectivity index (χ0v) is 17.6. The van der Waals surface area contributed by atoms with Crippen molar-refractivity contribution in [3.05, 3.63) is 52.6 Å². The van der Waals surface area contributed by atoms with Crippen LogP contribution in [-0.2, 0) is 6.54 Å². The molecule has 1 aromatic carbocycles. The molecule has 2 saturated heterocycles. The van der Waals surface area contributed by atoms with Crippen LogP contribution in [0.1, 0.15) is 46.6 Å². The van der Waals surface area contributed by atoms with Crippen LogP contribution in [0.4, 0.5) is 4.39 Å². The van der Waals surface area contributed by atoms with Crippen molar-refractivity contribution < 1.29 is 13.9 Å². The molecule has 156 valence electrons. The van der Waals surface area contributed by atoms with E-state index in [4.69, 9.17) is 4.74 Å².